The highest BCUT2D eigenvalue weighted by Crippen LogP contribution is 2.23. The number of aromatic nitrogens is 1. The summed E-state index contributed by atoms with van der Waals surface area (Å²) in [5, 5.41) is 17.3. The maximum atomic E-state index is 11.7. The summed E-state index contributed by atoms with van der Waals surface area (Å²) in [6.07, 6.45) is 3.85. The van der Waals surface area contributed by atoms with Gasteiger partial charge in [0.1, 0.15) is 0 Å². The summed E-state index contributed by atoms with van der Waals surface area (Å²) in [6.45, 7) is 2.16. The molecule has 0 saturated heterocycles. The topological polar surface area (TPSA) is 74.2 Å². The van der Waals surface area contributed by atoms with Gasteiger partial charge in [-0.3, -0.25) is 5.32 Å². The normalized spacial score (nSPS) is 23.7. The van der Waals surface area contributed by atoms with Crippen LogP contribution in [0.5, 0.6) is 0 Å². The van der Waals surface area contributed by atoms with Crippen molar-refractivity contribution in [2.45, 2.75) is 38.6 Å². The fourth-order valence-corrected chi connectivity index (χ4v) is 2.90. The molecule has 0 spiro atoms. The Morgan fingerprint density at radius 3 is 2.78 bits per heavy atom. The Labute approximate surface area is 111 Å². The third-order valence-corrected chi connectivity index (χ3v) is 4.16. The molecule has 0 atom stereocenters. The number of carbonyl (C=O) groups is 1. The smallest absolute Gasteiger partial charge is 0.321 e. The first kappa shape index (κ1) is 13.3. The van der Waals surface area contributed by atoms with Crippen LogP contribution in [-0.2, 0) is 0 Å². The number of aryl methyl sites for hydroxylation is 1. The molecule has 0 bridgehead atoms. The van der Waals surface area contributed by atoms with Gasteiger partial charge in [0, 0.05) is 18.0 Å². The number of urea groups is 1. The monoisotopic (exact) mass is 269 g/mol. The van der Waals surface area contributed by atoms with E-state index in [1.807, 2.05) is 12.3 Å². The number of nitrogens with one attached hydrogen (secondary N) is 2. The average Bonchev–Trinajstić information content (AvgIpc) is 2.75. The number of aliphatic hydroxyl groups is 1. The fraction of sp³-hybridized carbons (Fsp3) is 0.667. The van der Waals surface area contributed by atoms with Gasteiger partial charge in [0.2, 0.25) is 0 Å². The molecule has 0 aromatic carbocycles. The minimum Gasteiger partial charge on any atom is -0.396 e. The summed E-state index contributed by atoms with van der Waals surface area (Å²) in [6, 6.07) is 0.0330. The Morgan fingerprint density at radius 1 is 1.50 bits per heavy atom. The van der Waals surface area contributed by atoms with Gasteiger partial charge in [-0.15, -0.1) is 11.3 Å². The number of anilines is 1. The van der Waals surface area contributed by atoms with Crippen molar-refractivity contribution in [1.82, 2.24) is 10.3 Å². The van der Waals surface area contributed by atoms with E-state index in [1.54, 1.807) is 0 Å². The molecule has 1 fully saturated rings. The molecule has 0 aliphatic heterocycles. The van der Waals surface area contributed by atoms with Crippen LogP contribution in [0.3, 0.4) is 0 Å². The predicted octanol–water partition coefficient (Wildman–Crippen LogP) is 2.12. The molecule has 1 aliphatic carbocycles. The van der Waals surface area contributed by atoms with Crippen LogP contribution in [0, 0.1) is 12.8 Å². The Morgan fingerprint density at radius 2 is 2.22 bits per heavy atom. The minimum absolute atomic E-state index is 0.184. The third kappa shape index (κ3) is 3.68. The molecule has 1 aromatic rings. The highest BCUT2D eigenvalue weighted by atomic mass is 32.1. The standard InChI is InChI=1S/C12H19N3O2S/c1-8-7-18-12(13-8)15-11(17)14-10-4-2-9(6-16)3-5-10/h7,9-10,16H,2-6H2,1H3,(H2,13,14,15,17). The van der Waals surface area contributed by atoms with Crippen LogP contribution >= 0.6 is 11.3 Å². The van der Waals surface area contributed by atoms with E-state index in [4.69, 9.17) is 5.11 Å². The first-order valence-corrected chi connectivity index (χ1v) is 7.16. The van der Waals surface area contributed by atoms with E-state index in [-0.39, 0.29) is 18.7 Å². The van der Waals surface area contributed by atoms with Gasteiger partial charge in [-0.25, -0.2) is 9.78 Å². The molecule has 0 unspecified atom stereocenters. The molecule has 1 heterocycles. The zero-order valence-electron chi connectivity index (χ0n) is 10.5. The first-order valence-electron chi connectivity index (χ1n) is 6.28. The Bertz CT molecular complexity index is 400. The van der Waals surface area contributed by atoms with Crippen LogP contribution in [0.4, 0.5) is 9.93 Å². The number of aliphatic hydroxyl groups excluding tert-OH is 1. The molecule has 6 heteroatoms. The minimum atomic E-state index is -0.184. The van der Waals surface area contributed by atoms with Gasteiger partial charge < -0.3 is 10.4 Å². The summed E-state index contributed by atoms with van der Waals surface area (Å²) in [5.41, 5.74) is 0.916. The largest absolute Gasteiger partial charge is 0.396 e. The van der Waals surface area contributed by atoms with Crippen molar-refractivity contribution in [2.75, 3.05) is 11.9 Å². The Balaban J connectivity index is 1.75. The van der Waals surface area contributed by atoms with Crippen LogP contribution in [0.25, 0.3) is 0 Å². The maximum absolute atomic E-state index is 11.7. The highest BCUT2D eigenvalue weighted by molar-refractivity contribution is 7.13. The number of nitrogens with zero attached hydrogens (tertiary/aromatic N) is 1. The lowest BCUT2D eigenvalue weighted by Crippen LogP contribution is -2.40. The molecular formula is C12H19N3O2S. The van der Waals surface area contributed by atoms with Gasteiger partial charge in [0.15, 0.2) is 5.13 Å². The molecule has 0 radical (unpaired) electrons. The summed E-state index contributed by atoms with van der Waals surface area (Å²) in [4.78, 5) is 15.9. The van der Waals surface area contributed by atoms with E-state index < -0.39 is 0 Å². The number of thiazole rings is 1. The lowest BCUT2D eigenvalue weighted by Gasteiger charge is -2.27. The molecular weight excluding hydrogens is 250 g/mol. The third-order valence-electron chi connectivity index (χ3n) is 3.28. The summed E-state index contributed by atoms with van der Waals surface area (Å²) >= 11 is 1.43. The van der Waals surface area contributed by atoms with E-state index in [0.717, 1.165) is 31.4 Å². The number of hydrogen-bond acceptors (Lipinski definition) is 4. The SMILES string of the molecule is Cc1csc(NC(=O)NC2CCC(CO)CC2)n1. The zero-order valence-corrected chi connectivity index (χ0v) is 11.3. The van der Waals surface area contributed by atoms with Gasteiger partial charge in [-0.2, -0.15) is 0 Å². The molecule has 1 aliphatic rings. The lowest BCUT2D eigenvalue weighted by atomic mass is 9.87. The van der Waals surface area contributed by atoms with Crippen LogP contribution < -0.4 is 10.6 Å². The van der Waals surface area contributed by atoms with Gasteiger partial charge >= 0.3 is 6.03 Å². The summed E-state index contributed by atoms with van der Waals surface area (Å²) in [5.74, 6) is 0.410. The molecule has 18 heavy (non-hydrogen) atoms. The molecule has 1 aromatic heterocycles. The van der Waals surface area contributed by atoms with Crippen molar-refractivity contribution in [3.05, 3.63) is 11.1 Å². The molecule has 2 amide bonds. The van der Waals surface area contributed by atoms with E-state index in [1.165, 1.54) is 11.3 Å². The Kier molecular flexibility index (Phi) is 4.54. The average molecular weight is 269 g/mol. The zero-order chi connectivity index (χ0) is 13.0. The number of hydrogen-bond donors (Lipinski definition) is 3. The number of carbonyl (C=O) groups excluding carboxylic acids is 1. The Hall–Kier alpha value is -1.14. The van der Waals surface area contributed by atoms with Crippen LogP contribution in [-0.4, -0.2) is 28.8 Å². The van der Waals surface area contributed by atoms with Gasteiger partial charge in [0.25, 0.3) is 0 Å². The second-order valence-corrected chi connectivity index (χ2v) is 5.65. The van der Waals surface area contributed by atoms with E-state index in [9.17, 15) is 4.79 Å². The van der Waals surface area contributed by atoms with Crippen LogP contribution in [0.2, 0.25) is 0 Å². The molecule has 5 nitrogen and oxygen atoms in total. The van der Waals surface area contributed by atoms with Crippen molar-refractivity contribution >= 4 is 22.5 Å². The number of amides is 2. The van der Waals surface area contributed by atoms with Crippen LogP contribution in [0.1, 0.15) is 31.4 Å². The molecule has 3 N–H and O–H groups in total. The van der Waals surface area contributed by atoms with Crippen molar-refractivity contribution < 1.29 is 9.90 Å². The summed E-state index contributed by atoms with van der Waals surface area (Å²) < 4.78 is 0. The van der Waals surface area contributed by atoms with E-state index >= 15 is 0 Å². The van der Waals surface area contributed by atoms with E-state index in [2.05, 4.69) is 15.6 Å². The fourth-order valence-electron chi connectivity index (χ4n) is 2.22. The quantitative estimate of drug-likeness (QED) is 0.787. The van der Waals surface area contributed by atoms with Gasteiger partial charge in [-0.05, 0) is 38.5 Å². The summed E-state index contributed by atoms with van der Waals surface area (Å²) in [7, 11) is 0. The lowest BCUT2D eigenvalue weighted by molar-refractivity contribution is 0.176. The van der Waals surface area contributed by atoms with Gasteiger partial charge in [0.05, 0.1) is 5.69 Å². The number of rotatable bonds is 3. The second kappa shape index (κ2) is 6.15. The van der Waals surface area contributed by atoms with Crippen molar-refractivity contribution in [2.24, 2.45) is 5.92 Å². The molecule has 2 rings (SSSR count). The first-order chi connectivity index (χ1) is 8.67. The maximum Gasteiger partial charge on any atom is 0.321 e. The van der Waals surface area contributed by atoms with E-state index in [0.29, 0.717) is 11.0 Å². The predicted molar refractivity (Wildman–Crippen MR) is 71.8 cm³/mol. The van der Waals surface area contributed by atoms with Crippen LogP contribution in [0.15, 0.2) is 5.38 Å². The highest BCUT2D eigenvalue weighted by Gasteiger charge is 2.21. The van der Waals surface area contributed by atoms with Crippen molar-refractivity contribution in [3.63, 3.8) is 0 Å². The van der Waals surface area contributed by atoms with Crippen molar-refractivity contribution in [3.8, 4) is 0 Å². The second-order valence-electron chi connectivity index (χ2n) is 4.79. The molecule has 100 valence electrons. The van der Waals surface area contributed by atoms with Gasteiger partial charge in [-0.1, -0.05) is 0 Å². The van der Waals surface area contributed by atoms with Crippen molar-refractivity contribution in [1.29, 1.82) is 0 Å². The molecule has 1 saturated carbocycles.